The maximum absolute atomic E-state index is 12.1. The van der Waals surface area contributed by atoms with Gasteiger partial charge in [0.15, 0.2) is 0 Å². The highest BCUT2D eigenvalue weighted by Crippen LogP contribution is 2.19. The molecule has 126 valence electrons. The molecule has 0 heterocycles. The van der Waals surface area contributed by atoms with Crippen molar-refractivity contribution in [2.75, 3.05) is 22.5 Å². The number of para-hydroxylation sites is 1. The second kappa shape index (κ2) is 8.15. The molecule has 2 amide bonds. The second-order valence-corrected chi connectivity index (χ2v) is 5.75. The van der Waals surface area contributed by atoms with E-state index in [1.165, 1.54) is 18.1 Å². The largest absolute Gasteiger partial charge is 0.384 e. The molecule has 0 spiro atoms. The topological polar surface area (TPSA) is 70.2 Å². The molecule has 5 nitrogen and oxygen atoms in total. The van der Waals surface area contributed by atoms with Crippen LogP contribution in [0.15, 0.2) is 42.5 Å². The van der Waals surface area contributed by atoms with Crippen molar-refractivity contribution in [2.45, 2.75) is 27.2 Å². The fourth-order valence-electron chi connectivity index (χ4n) is 2.50. The third kappa shape index (κ3) is 5.12. The van der Waals surface area contributed by atoms with E-state index in [4.69, 9.17) is 0 Å². The molecule has 0 aliphatic heterocycles. The molecule has 0 aromatic heterocycles. The van der Waals surface area contributed by atoms with Crippen molar-refractivity contribution in [1.82, 2.24) is 0 Å². The van der Waals surface area contributed by atoms with Crippen LogP contribution in [0.5, 0.6) is 0 Å². The maximum atomic E-state index is 12.1. The highest BCUT2D eigenvalue weighted by Gasteiger charge is 2.05. The van der Waals surface area contributed by atoms with Crippen LogP contribution in [0.2, 0.25) is 0 Å². The average molecular weight is 325 g/mol. The van der Waals surface area contributed by atoms with Crippen LogP contribution in [0.25, 0.3) is 0 Å². The normalized spacial score (nSPS) is 10.1. The summed E-state index contributed by atoms with van der Waals surface area (Å²) in [6, 6.07) is 13.2. The predicted octanol–water partition coefficient (Wildman–Crippen LogP) is 3.70. The third-order valence-electron chi connectivity index (χ3n) is 3.60. The molecule has 0 aliphatic rings. The first kappa shape index (κ1) is 17.5. The van der Waals surface area contributed by atoms with Crippen LogP contribution >= 0.6 is 0 Å². The van der Waals surface area contributed by atoms with E-state index >= 15 is 0 Å². The van der Waals surface area contributed by atoms with Gasteiger partial charge in [-0.05, 0) is 43.2 Å². The maximum Gasteiger partial charge on any atom is 0.226 e. The number of hydrogen-bond donors (Lipinski definition) is 3. The SMILES string of the molecule is CC(=O)Nc1cccc(NC(=O)CCNc2c(C)cccc2C)c1. The molecule has 2 rings (SSSR count). The molecular formula is C19H23N3O2. The van der Waals surface area contributed by atoms with Gasteiger partial charge < -0.3 is 16.0 Å². The zero-order valence-corrected chi connectivity index (χ0v) is 14.3. The van der Waals surface area contributed by atoms with E-state index in [0.29, 0.717) is 24.3 Å². The van der Waals surface area contributed by atoms with E-state index in [2.05, 4.69) is 16.0 Å². The van der Waals surface area contributed by atoms with Crippen LogP contribution in [0.3, 0.4) is 0 Å². The number of anilines is 3. The van der Waals surface area contributed by atoms with Crippen LogP contribution < -0.4 is 16.0 Å². The summed E-state index contributed by atoms with van der Waals surface area (Å²) in [5.74, 6) is -0.218. The van der Waals surface area contributed by atoms with E-state index in [1.54, 1.807) is 24.3 Å². The number of nitrogens with one attached hydrogen (secondary N) is 3. The average Bonchev–Trinajstić information content (AvgIpc) is 2.50. The van der Waals surface area contributed by atoms with Crippen LogP contribution in [0, 0.1) is 13.8 Å². The van der Waals surface area contributed by atoms with Gasteiger partial charge in [-0.2, -0.15) is 0 Å². The first-order valence-electron chi connectivity index (χ1n) is 7.93. The number of amides is 2. The summed E-state index contributed by atoms with van der Waals surface area (Å²) < 4.78 is 0. The molecule has 24 heavy (non-hydrogen) atoms. The van der Waals surface area contributed by atoms with Gasteiger partial charge >= 0.3 is 0 Å². The minimum Gasteiger partial charge on any atom is -0.384 e. The highest BCUT2D eigenvalue weighted by molar-refractivity contribution is 5.93. The summed E-state index contributed by atoms with van der Waals surface area (Å²) >= 11 is 0. The smallest absolute Gasteiger partial charge is 0.226 e. The standard InChI is InChI=1S/C19H23N3O2/c1-13-6-4-7-14(2)19(13)20-11-10-18(24)22-17-9-5-8-16(12-17)21-15(3)23/h4-9,12,20H,10-11H2,1-3H3,(H,21,23)(H,22,24). The molecular weight excluding hydrogens is 302 g/mol. The van der Waals surface area contributed by atoms with Gasteiger partial charge in [0, 0.05) is 37.0 Å². The van der Waals surface area contributed by atoms with Gasteiger partial charge in [0.2, 0.25) is 11.8 Å². The fourth-order valence-corrected chi connectivity index (χ4v) is 2.50. The van der Waals surface area contributed by atoms with Crippen molar-refractivity contribution in [2.24, 2.45) is 0 Å². The Bertz CT molecular complexity index is 721. The quantitative estimate of drug-likeness (QED) is 0.758. The van der Waals surface area contributed by atoms with E-state index in [0.717, 1.165) is 5.69 Å². The van der Waals surface area contributed by atoms with Crippen molar-refractivity contribution in [3.05, 3.63) is 53.6 Å². The summed E-state index contributed by atoms with van der Waals surface area (Å²) in [5, 5.41) is 8.85. The van der Waals surface area contributed by atoms with Gasteiger partial charge in [-0.15, -0.1) is 0 Å². The molecule has 3 N–H and O–H groups in total. The van der Waals surface area contributed by atoms with Crippen LogP contribution in [0.4, 0.5) is 17.1 Å². The molecule has 0 saturated heterocycles. The van der Waals surface area contributed by atoms with Crippen molar-refractivity contribution >= 4 is 28.9 Å². The monoisotopic (exact) mass is 325 g/mol. The van der Waals surface area contributed by atoms with Crippen LogP contribution in [-0.2, 0) is 9.59 Å². The Morgan fingerprint density at radius 3 is 2.12 bits per heavy atom. The minimum absolute atomic E-state index is 0.0753. The molecule has 0 saturated carbocycles. The van der Waals surface area contributed by atoms with Crippen molar-refractivity contribution in [1.29, 1.82) is 0 Å². The summed E-state index contributed by atoms with van der Waals surface area (Å²) in [6.07, 6.45) is 0.359. The Hall–Kier alpha value is -2.82. The number of benzene rings is 2. The molecule has 2 aromatic rings. The zero-order chi connectivity index (χ0) is 17.5. The number of carbonyl (C=O) groups excluding carboxylic acids is 2. The number of carbonyl (C=O) groups is 2. The van der Waals surface area contributed by atoms with E-state index in [1.807, 2.05) is 32.0 Å². The first-order valence-corrected chi connectivity index (χ1v) is 7.93. The lowest BCUT2D eigenvalue weighted by atomic mass is 10.1. The van der Waals surface area contributed by atoms with E-state index in [-0.39, 0.29) is 11.8 Å². The molecule has 5 heteroatoms. The zero-order valence-electron chi connectivity index (χ0n) is 14.3. The molecule has 0 aliphatic carbocycles. The molecule has 0 bridgehead atoms. The summed E-state index contributed by atoms with van der Waals surface area (Å²) in [6.45, 7) is 6.10. The van der Waals surface area contributed by atoms with Gasteiger partial charge in [0.05, 0.1) is 0 Å². The molecule has 0 radical (unpaired) electrons. The summed E-state index contributed by atoms with van der Waals surface area (Å²) in [4.78, 5) is 23.1. The van der Waals surface area contributed by atoms with Crippen molar-refractivity contribution in [3.8, 4) is 0 Å². The lowest BCUT2D eigenvalue weighted by Crippen LogP contribution is -2.17. The van der Waals surface area contributed by atoms with E-state index < -0.39 is 0 Å². The van der Waals surface area contributed by atoms with Gasteiger partial charge in [-0.25, -0.2) is 0 Å². The third-order valence-corrected chi connectivity index (χ3v) is 3.60. The predicted molar refractivity (Wildman–Crippen MR) is 98.4 cm³/mol. The summed E-state index contributed by atoms with van der Waals surface area (Å²) in [5.41, 5.74) is 4.74. The second-order valence-electron chi connectivity index (χ2n) is 5.75. The lowest BCUT2D eigenvalue weighted by molar-refractivity contribution is -0.116. The lowest BCUT2D eigenvalue weighted by Gasteiger charge is -2.12. The Labute approximate surface area is 142 Å². The molecule has 0 unspecified atom stereocenters. The molecule has 0 fully saturated rings. The Morgan fingerprint density at radius 1 is 0.917 bits per heavy atom. The fraction of sp³-hybridized carbons (Fsp3) is 0.263. The Morgan fingerprint density at radius 2 is 1.50 bits per heavy atom. The molecule has 0 atom stereocenters. The van der Waals surface area contributed by atoms with Crippen molar-refractivity contribution in [3.63, 3.8) is 0 Å². The molecule has 2 aromatic carbocycles. The van der Waals surface area contributed by atoms with Crippen LogP contribution in [-0.4, -0.2) is 18.4 Å². The van der Waals surface area contributed by atoms with E-state index in [9.17, 15) is 9.59 Å². The van der Waals surface area contributed by atoms with Gasteiger partial charge in [0.25, 0.3) is 0 Å². The highest BCUT2D eigenvalue weighted by atomic mass is 16.2. The van der Waals surface area contributed by atoms with Crippen LogP contribution in [0.1, 0.15) is 24.5 Å². The van der Waals surface area contributed by atoms with Gasteiger partial charge in [-0.1, -0.05) is 24.3 Å². The first-order chi connectivity index (χ1) is 11.5. The minimum atomic E-state index is -0.142. The van der Waals surface area contributed by atoms with Gasteiger partial charge in [0.1, 0.15) is 0 Å². The van der Waals surface area contributed by atoms with Gasteiger partial charge in [-0.3, -0.25) is 9.59 Å². The summed E-state index contributed by atoms with van der Waals surface area (Å²) in [7, 11) is 0. The Kier molecular flexibility index (Phi) is 5.95. The number of aryl methyl sites for hydroxylation is 2. The Balaban J connectivity index is 1.86. The number of hydrogen-bond acceptors (Lipinski definition) is 3. The number of rotatable bonds is 6. The van der Waals surface area contributed by atoms with Crippen molar-refractivity contribution < 1.29 is 9.59 Å².